The molecule has 0 bridgehead atoms. The van der Waals surface area contributed by atoms with Crippen molar-refractivity contribution in [1.29, 1.82) is 0 Å². The zero-order valence-corrected chi connectivity index (χ0v) is 21.6. The average Bonchev–Trinajstić information content (AvgIpc) is 3.38. The fraction of sp³-hybridized carbons (Fsp3) is 0.632. The van der Waals surface area contributed by atoms with Gasteiger partial charge in [-0.05, 0) is 12.8 Å². The summed E-state index contributed by atoms with van der Waals surface area (Å²) in [4.78, 5) is 48.6. The summed E-state index contributed by atoms with van der Waals surface area (Å²) in [6, 6.07) is 0. The Morgan fingerprint density at radius 2 is 1.88 bits per heavy atom. The molecule has 2 aromatic heterocycles. The molecule has 0 spiro atoms. The van der Waals surface area contributed by atoms with Gasteiger partial charge in [0.1, 0.15) is 42.5 Å². The number of hydrogen-bond acceptors (Lipinski definition) is 11. The van der Waals surface area contributed by atoms with Gasteiger partial charge in [0.05, 0.1) is 18.4 Å². The second kappa shape index (κ2) is 11.0. The van der Waals surface area contributed by atoms with Crippen LogP contribution in [0.5, 0.6) is 0 Å². The number of ketones is 1. The van der Waals surface area contributed by atoms with Crippen LogP contribution in [-0.4, -0.2) is 56.2 Å². The van der Waals surface area contributed by atoms with E-state index in [1.54, 1.807) is 0 Å². The van der Waals surface area contributed by atoms with Crippen LogP contribution >= 0.6 is 7.82 Å². The van der Waals surface area contributed by atoms with E-state index in [2.05, 4.69) is 15.0 Å². The molecular weight excluding hydrogens is 466 g/mol. The van der Waals surface area contributed by atoms with Crippen LogP contribution in [-0.2, 0) is 39.1 Å². The smallest absolute Gasteiger partial charge is 0.756 e. The largest absolute Gasteiger partial charge is 1.00 e. The van der Waals surface area contributed by atoms with Crippen LogP contribution in [0.2, 0.25) is 0 Å². The van der Waals surface area contributed by atoms with Crippen molar-refractivity contribution in [3.63, 3.8) is 0 Å². The Morgan fingerprint density at radius 1 is 1.15 bits per heavy atom. The molecule has 5 atom stereocenters. The van der Waals surface area contributed by atoms with Gasteiger partial charge in [0.25, 0.3) is 7.82 Å². The van der Waals surface area contributed by atoms with Gasteiger partial charge in [0, 0.05) is 12.8 Å². The molecule has 12 nitrogen and oxygen atoms in total. The number of imidazole rings is 1. The van der Waals surface area contributed by atoms with E-state index >= 15 is 0 Å². The Morgan fingerprint density at radius 3 is 2.61 bits per heavy atom. The van der Waals surface area contributed by atoms with E-state index in [-0.39, 0.29) is 54.8 Å². The van der Waals surface area contributed by atoms with E-state index in [1.807, 2.05) is 13.8 Å². The van der Waals surface area contributed by atoms with Gasteiger partial charge in [-0.1, -0.05) is 13.8 Å². The molecule has 2 fully saturated rings. The third kappa shape index (κ3) is 5.71. The molecule has 2 aliphatic rings. The summed E-state index contributed by atoms with van der Waals surface area (Å²) in [6.45, 7) is 3.58. The first-order valence-electron chi connectivity index (χ1n) is 10.5. The Labute approximate surface area is 212 Å². The van der Waals surface area contributed by atoms with Gasteiger partial charge < -0.3 is 23.4 Å². The number of esters is 1. The first kappa shape index (κ1) is 26.4. The number of hydrogen-bond donors (Lipinski definition) is 0. The van der Waals surface area contributed by atoms with Gasteiger partial charge in [0.2, 0.25) is 0 Å². The average molecular weight is 490 g/mol. The number of Topliss-reactive ketones (excluding diaryl/α,β-unsaturated/α-hetero) is 1. The molecule has 33 heavy (non-hydrogen) atoms. The minimum atomic E-state index is -4.54. The molecule has 4 heterocycles. The van der Waals surface area contributed by atoms with Gasteiger partial charge in [-0.3, -0.25) is 18.7 Å². The van der Waals surface area contributed by atoms with E-state index in [0.717, 1.165) is 6.42 Å². The zero-order chi connectivity index (χ0) is 22.9. The Bertz CT molecular complexity index is 1070. The third-order valence-corrected chi connectivity index (χ3v) is 6.26. The normalized spacial score (nSPS) is 28.5. The summed E-state index contributed by atoms with van der Waals surface area (Å²) in [5, 5.41) is 0. The minimum absolute atomic E-state index is 0. The van der Waals surface area contributed by atoms with Crippen molar-refractivity contribution in [2.45, 2.75) is 70.5 Å². The minimum Gasteiger partial charge on any atom is -0.756 e. The van der Waals surface area contributed by atoms with Crippen LogP contribution in [0.25, 0.3) is 11.2 Å². The van der Waals surface area contributed by atoms with Gasteiger partial charge in [-0.15, -0.1) is 0 Å². The van der Waals surface area contributed by atoms with Crippen molar-refractivity contribution in [3.05, 3.63) is 18.3 Å². The SMILES string of the molecule is CCCC(=O)Cc1ncnc2c1ncn2[C@@H]1O[C@H](COC(=O)CCC)[C@H]2OP(=O)([O-])O[C@H]21.[Na+]. The number of carbonyl (C=O) groups excluding carboxylic acids is 2. The summed E-state index contributed by atoms with van der Waals surface area (Å²) in [5.41, 5.74) is 1.26. The molecule has 0 aliphatic carbocycles. The molecule has 0 N–H and O–H groups in total. The van der Waals surface area contributed by atoms with Gasteiger partial charge in [0.15, 0.2) is 11.9 Å². The molecule has 0 amide bonds. The number of phosphoric acid groups is 1. The van der Waals surface area contributed by atoms with Gasteiger partial charge in [-0.25, -0.2) is 15.0 Å². The quantitative estimate of drug-likeness (QED) is 0.223. The molecule has 2 aliphatic heterocycles. The number of carbonyl (C=O) groups is 2. The van der Waals surface area contributed by atoms with Crippen LogP contribution < -0.4 is 34.5 Å². The summed E-state index contributed by atoms with van der Waals surface area (Å²) in [6.07, 6.45) is 1.09. The Balaban J connectivity index is 0.00000306. The van der Waals surface area contributed by atoms with E-state index in [4.69, 9.17) is 18.5 Å². The molecule has 14 heteroatoms. The number of ether oxygens (including phenoxy) is 2. The second-order valence-electron chi connectivity index (χ2n) is 7.70. The molecule has 4 rings (SSSR count). The van der Waals surface area contributed by atoms with Crippen molar-refractivity contribution in [2.24, 2.45) is 0 Å². The molecule has 0 aromatic carbocycles. The van der Waals surface area contributed by atoms with E-state index in [1.165, 1.54) is 17.2 Å². The van der Waals surface area contributed by atoms with Crippen molar-refractivity contribution in [2.75, 3.05) is 6.61 Å². The first-order valence-corrected chi connectivity index (χ1v) is 12.0. The Hall–Kier alpha value is -1.24. The van der Waals surface area contributed by atoms with Crippen molar-refractivity contribution < 1.29 is 67.1 Å². The van der Waals surface area contributed by atoms with Crippen LogP contribution in [0.4, 0.5) is 0 Å². The number of fused-ring (bicyclic) bond motifs is 2. The van der Waals surface area contributed by atoms with E-state index in [9.17, 15) is 19.0 Å². The summed E-state index contributed by atoms with van der Waals surface area (Å²) >= 11 is 0. The van der Waals surface area contributed by atoms with Crippen LogP contribution in [0.3, 0.4) is 0 Å². The summed E-state index contributed by atoms with van der Waals surface area (Å²) < 4.78 is 34.9. The van der Waals surface area contributed by atoms with Crippen LogP contribution in [0, 0.1) is 0 Å². The number of nitrogens with zero attached hydrogens (tertiary/aromatic N) is 4. The maximum absolute atomic E-state index is 12.1. The molecule has 2 aromatic rings. The fourth-order valence-corrected chi connectivity index (χ4v) is 4.98. The van der Waals surface area contributed by atoms with Gasteiger partial charge in [-0.2, -0.15) is 0 Å². The number of aromatic nitrogens is 4. The van der Waals surface area contributed by atoms with Crippen molar-refractivity contribution in [3.8, 4) is 0 Å². The molecule has 174 valence electrons. The van der Waals surface area contributed by atoms with Crippen LogP contribution in [0.1, 0.15) is 51.5 Å². The van der Waals surface area contributed by atoms with Crippen LogP contribution in [0.15, 0.2) is 12.7 Å². The predicted octanol–water partition coefficient (Wildman–Crippen LogP) is -1.76. The maximum atomic E-state index is 12.1. The van der Waals surface area contributed by atoms with Gasteiger partial charge >= 0.3 is 35.5 Å². The number of phosphoric ester groups is 1. The zero-order valence-electron chi connectivity index (χ0n) is 18.7. The van der Waals surface area contributed by atoms with Crippen molar-refractivity contribution >= 4 is 30.7 Å². The monoisotopic (exact) mass is 490 g/mol. The molecular formula is C19H24N4NaO8P. The maximum Gasteiger partial charge on any atom is 1.00 e. The van der Waals surface area contributed by atoms with Crippen molar-refractivity contribution in [1.82, 2.24) is 19.5 Å². The van der Waals surface area contributed by atoms with E-state index < -0.39 is 38.3 Å². The summed E-state index contributed by atoms with van der Waals surface area (Å²) in [5.74, 6) is -0.379. The molecule has 2 saturated heterocycles. The number of rotatable bonds is 9. The molecule has 0 saturated carbocycles. The molecule has 1 unspecified atom stereocenters. The fourth-order valence-electron chi connectivity index (χ4n) is 3.85. The first-order chi connectivity index (χ1) is 15.3. The third-order valence-electron chi connectivity index (χ3n) is 5.25. The molecule has 0 radical (unpaired) electrons. The predicted molar refractivity (Wildman–Crippen MR) is 106 cm³/mol. The summed E-state index contributed by atoms with van der Waals surface area (Å²) in [7, 11) is -4.54. The Kier molecular flexibility index (Phi) is 8.79. The second-order valence-corrected chi connectivity index (χ2v) is 9.01. The topological polar surface area (TPSA) is 155 Å². The standard InChI is InChI=1S/C19H25N4O8P.Na/c1-3-5-11(24)7-12-15-18(21-9-20-12)23(10-22-15)19-17-16(30-32(26,27)31-17)13(29-19)8-28-14(25)6-4-2;/h9-10,13,16-17,19H,3-8H2,1-2H3,(H,26,27);/q;+1/p-1/t13-,16-,17-,19-;/m1./s1. The van der Waals surface area contributed by atoms with E-state index in [0.29, 0.717) is 29.7 Å².